The fourth-order valence-electron chi connectivity index (χ4n) is 2.09. The number of nitrogens with one attached hydrogen (secondary N) is 2. The molecule has 2 aromatic heterocycles. The third-order valence-electron chi connectivity index (χ3n) is 3.71. The number of nitrogens with zero attached hydrogens (tertiary/aromatic N) is 4. The van der Waals surface area contributed by atoms with Crippen LogP contribution >= 0.6 is 11.3 Å². The molecule has 0 saturated heterocycles. The van der Waals surface area contributed by atoms with E-state index in [1.165, 1.54) is 4.88 Å². The van der Waals surface area contributed by atoms with Gasteiger partial charge in [0.1, 0.15) is 12.4 Å². The van der Waals surface area contributed by atoms with Gasteiger partial charge in [-0.3, -0.25) is 0 Å². The zero-order chi connectivity index (χ0) is 16.7. The Bertz CT molecular complexity index is 617. The molecular formula is C16H26N6S. The molecule has 0 aliphatic rings. The summed E-state index contributed by atoms with van der Waals surface area (Å²) in [5, 5.41) is 17.2. The van der Waals surface area contributed by atoms with Gasteiger partial charge in [-0.05, 0) is 31.7 Å². The molecule has 2 heterocycles. The van der Waals surface area contributed by atoms with Crippen LogP contribution in [0.4, 0.5) is 0 Å². The SMILES string of the molecule is CCCCNC(=NCc1nnc(C)n1C)NC(C)c1cccs1. The molecule has 23 heavy (non-hydrogen) atoms. The first kappa shape index (κ1) is 17.5. The normalized spacial score (nSPS) is 13.1. The van der Waals surface area contributed by atoms with Gasteiger partial charge in [0.15, 0.2) is 11.8 Å². The highest BCUT2D eigenvalue weighted by atomic mass is 32.1. The summed E-state index contributed by atoms with van der Waals surface area (Å²) in [6, 6.07) is 4.43. The molecule has 0 aromatic carbocycles. The fraction of sp³-hybridized carbons (Fsp3) is 0.562. The highest BCUT2D eigenvalue weighted by Gasteiger charge is 2.10. The van der Waals surface area contributed by atoms with Crippen molar-refractivity contribution in [3.8, 4) is 0 Å². The first-order valence-electron chi connectivity index (χ1n) is 8.05. The maximum absolute atomic E-state index is 4.67. The van der Waals surface area contributed by atoms with E-state index in [0.717, 1.165) is 37.0 Å². The number of hydrogen-bond donors (Lipinski definition) is 2. The van der Waals surface area contributed by atoms with Crippen LogP contribution in [0.2, 0.25) is 0 Å². The van der Waals surface area contributed by atoms with E-state index in [0.29, 0.717) is 6.54 Å². The van der Waals surface area contributed by atoms with Gasteiger partial charge < -0.3 is 15.2 Å². The molecule has 0 bridgehead atoms. The number of aromatic nitrogens is 3. The molecule has 2 aromatic rings. The standard InChI is InChI=1S/C16H26N6S/c1-5-6-9-17-16(19-12(2)14-8-7-10-23-14)18-11-15-21-20-13(3)22(15)4/h7-8,10,12H,5-6,9,11H2,1-4H3,(H2,17,18,19). The molecule has 0 radical (unpaired) electrons. The summed E-state index contributed by atoms with van der Waals surface area (Å²) < 4.78 is 1.97. The van der Waals surface area contributed by atoms with Gasteiger partial charge in [0.05, 0.1) is 6.04 Å². The monoisotopic (exact) mass is 334 g/mol. The average molecular weight is 334 g/mol. The Morgan fingerprint density at radius 3 is 2.87 bits per heavy atom. The lowest BCUT2D eigenvalue weighted by molar-refractivity contribution is 0.670. The maximum atomic E-state index is 4.67. The second-order valence-electron chi connectivity index (χ2n) is 5.55. The predicted molar refractivity (Wildman–Crippen MR) is 95.7 cm³/mol. The molecule has 2 N–H and O–H groups in total. The lowest BCUT2D eigenvalue weighted by atomic mass is 10.3. The zero-order valence-corrected chi connectivity index (χ0v) is 15.2. The summed E-state index contributed by atoms with van der Waals surface area (Å²) in [7, 11) is 1.96. The van der Waals surface area contributed by atoms with Crippen LogP contribution in [0, 0.1) is 6.92 Å². The third-order valence-corrected chi connectivity index (χ3v) is 4.76. The minimum absolute atomic E-state index is 0.226. The first-order chi connectivity index (χ1) is 11.1. The predicted octanol–water partition coefficient (Wildman–Crippen LogP) is 2.78. The molecule has 1 unspecified atom stereocenters. The smallest absolute Gasteiger partial charge is 0.192 e. The Kier molecular flexibility index (Phi) is 6.58. The van der Waals surface area contributed by atoms with Crippen molar-refractivity contribution in [1.82, 2.24) is 25.4 Å². The van der Waals surface area contributed by atoms with Crippen LogP contribution in [-0.2, 0) is 13.6 Å². The van der Waals surface area contributed by atoms with E-state index in [1.807, 2.05) is 18.5 Å². The number of unbranched alkanes of at least 4 members (excludes halogenated alkanes) is 1. The Balaban J connectivity index is 2.03. The van der Waals surface area contributed by atoms with Crippen LogP contribution in [0.1, 0.15) is 49.3 Å². The van der Waals surface area contributed by atoms with Gasteiger partial charge in [-0.1, -0.05) is 19.4 Å². The van der Waals surface area contributed by atoms with Crippen molar-refractivity contribution in [3.05, 3.63) is 34.0 Å². The summed E-state index contributed by atoms with van der Waals surface area (Å²) in [4.78, 5) is 5.96. The Morgan fingerprint density at radius 2 is 2.26 bits per heavy atom. The summed E-state index contributed by atoms with van der Waals surface area (Å²) in [6.45, 7) is 7.70. The summed E-state index contributed by atoms with van der Waals surface area (Å²) in [5.74, 6) is 2.58. The van der Waals surface area contributed by atoms with Crippen molar-refractivity contribution in [2.45, 2.75) is 46.2 Å². The van der Waals surface area contributed by atoms with E-state index in [4.69, 9.17) is 0 Å². The number of hydrogen-bond acceptors (Lipinski definition) is 4. The Labute approximate surface area is 142 Å². The van der Waals surface area contributed by atoms with E-state index in [-0.39, 0.29) is 6.04 Å². The van der Waals surface area contributed by atoms with Gasteiger partial charge in [-0.25, -0.2) is 4.99 Å². The van der Waals surface area contributed by atoms with E-state index < -0.39 is 0 Å². The number of rotatable bonds is 7. The number of guanidine groups is 1. The molecule has 2 rings (SSSR count). The van der Waals surface area contributed by atoms with Gasteiger partial charge >= 0.3 is 0 Å². The van der Waals surface area contributed by atoms with Crippen molar-refractivity contribution in [1.29, 1.82) is 0 Å². The van der Waals surface area contributed by atoms with Crippen LogP contribution in [-0.4, -0.2) is 27.3 Å². The number of aliphatic imine (C=N–C) groups is 1. The highest BCUT2D eigenvalue weighted by molar-refractivity contribution is 7.10. The molecule has 6 nitrogen and oxygen atoms in total. The zero-order valence-electron chi connectivity index (χ0n) is 14.3. The van der Waals surface area contributed by atoms with Gasteiger partial charge in [0.25, 0.3) is 0 Å². The van der Waals surface area contributed by atoms with Crippen LogP contribution in [0.15, 0.2) is 22.5 Å². The summed E-state index contributed by atoms with van der Waals surface area (Å²) in [5.41, 5.74) is 0. The van der Waals surface area contributed by atoms with E-state index >= 15 is 0 Å². The van der Waals surface area contributed by atoms with Crippen molar-refractivity contribution in [2.24, 2.45) is 12.0 Å². The number of aryl methyl sites for hydroxylation is 1. The molecule has 0 spiro atoms. The van der Waals surface area contributed by atoms with Crippen molar-refractivity contribution in [2.75, 3.05) is 6.54 Å². The van der Waals surface area contributed by atoms with Crippen LogP contribution in [0.3, 0.4) is 0 Å². The summed E-state index contributed by atoms with van der Waals surface area (Å²) in [6.07, 6.45) is 2.28. The van der Waals surface area contributed by atoms with Gasteiger partial charge in [0.2, 0.25) is 0 Å². The molecule has 0 saturated carbocycles. The second kappa shape index (κ2) is 8.67. The largest absolute Gasteiger partial charge is 0.356 e. The minimum Gasteiger partial charge on any atom is -0.356 e. The molecular weight excluding hydrogens is 308 g/mol. The van der Waals surface area contributed by atoms with Crippen molar-refractivity contribution < 1.29 is 0 Å². The molecule has 0 amide bonds. The second-order valence-corrected chi connectivity index (χ2v) is 6.53. The van der Waals surface area contributed by atoms with Crippen molar-refractivity contribution in [3.63, 3.8) is 0 Å². The first-order valence-corrected chi connectivity index (χ1v) is 8.93. The topological polar surface area (TPSA) is 67.1 Å². The average Bonchev–Trinajstić information content (AvgIpc) is 3.17. The van der Waals surface area contributed by atoms with Gasteiger partial charge in [-0.2, -0.15) is 0 Å². The highest BCUT2D eigenvalue weighted by Crippen LogP contribution is 2.17. The van der Waals surface area contributed by atoms with E-state index in [9.17, 15) is 0 Å². The lowest BCUT2D eigenvalue weighted by Crippen LogP contribution is -2.39. The third kappa shape index (κ3) is 5.06. The fourth-order valence-corrected chi connectivity index (χ4v) is 2.82. The Hall–Kier alpha value is -1.89. The molecule has 126 valence electrons. The lowest BCUT2D eigenvalue weighted by Gasteiger charge is -2.17. The molecule has 0 aliphatic heterocycles. The van der Waals surface area contributed by atoms with Gasteiger partial charge in [0, 0.05) is 18.5 Å². The molecule has 0 fully saturated rings. The van der Waals surface area contributed by atoms with Crippen LogP contribution in [0.5, 0.6) is 0 Å². The molecule has 1 atom stereocenters. The molecule has 0 aliphatic carbocycles. The Morgan fingerprint density at radius 1 is 1.43 bits per heavy atom. The minimum atomic E-state index is 0.226. The summed E-state index contributed by atoms with van der Waals surface area (Å²) >= 11 is 1.75. The quantitative estimate of drug-likeness (QED) is 0.464. The van der Waals surface area contributed by atoms with E-state index in [1.54, 1.807) is 11.3 Å². The van der Waals surface area contributed by atoms with Crippen LogP contribution in [0.25, 0.3) is 0 Å². The molecule has 7 heteroatoms. The maximum Gasteiger partial charge on any atom is 0.192 e. The van der Waals surface area contributed by atoms with Crippen molar-refractivity contribution >= 4 is 17.3 Å². The van der Waals surface area contributed by atoms with Crippen LogP contribution < -0.4 is 10.6 Å². The number of thiophene rings is 1. The van der Waals surface area contributed by atoms with Gasteiger partial charge in [-0.15, -0.1) is 21.5 Å². The van der Waals surface area contributed by atoms with E-state index in [2.05, 4.69) is 57.2 Å².